The van der Waals surface area contributed by atoms with E-state index in [2.05, 4.69) is 10.00 Å². The zero-order chi connectivity index (χ0) is 14.8. The van der Waals surface area contributed by atoms with E-state index < -0.39 is 0 Å². The lowest BCUT2D eigenvalue weighted by Gasteiger charge is -2.32. The van der Waals surface area contributed by atoms with Crippen molar-refractivity contribution in [3.8, 4) is 5.69 Å². The highest BCUT2D eigenvalue weighted by Gasteiger charge is 2.25. The van der Waals surface area contributed by atoms with Crippen molar-refractivity contribution in [2.24, 2.45) is 0 Å². The van der Waals surface area contributed by atoms with Gasteiger partial charge in [0.05, 0.1) is 24.1 Å². The van der Waals surface area contributed by atoms with Gasteiger partial charge >= 0.3 is 0 Å². The summed E-state index contributed by atoms with van der Waals surface area (Å²) in [5.74, 6) is 0.952. The fourth-order valence-electron chi connectivity index (χ4n) is 2.88. The second-order valence-electron chi connectivity index (χ2n) is 5.51. The van der Waals surface area contributed by atoms with E-state index in [1.54, 1.807) is 0 Å². The molecule has 1 aliphatic rings. The molecule has 0 saturated carbocycles. The number of piperidine rings is 1. The molecule has 1 aromatic carbocycles. The smallest absolute Gasteiger partial charge is 0.138 e. The third-order valence-electron chi connectivity index (χ3n) is 4.08. The van der Waals surface area contributed by atoms with E-state index in [0.717, 1.165) is 48.7 Å². The SMILES string of the molecule is Cc1nn(-c2ccccc2)c(N2CCC(O)CC2)c1CO. The molecule has 2 N–H and O–H groups in total. The van der Waals surface area contributed by atoms with E-state index in [4.69, 9.17) is 0 Å². The Morgan fingerprint density at radius 2 is 1.86 bits per heavy atom. The number of aryl methyl sites for hydroxylation is 1. The molecule has 0 radical (unpaired) electrons. The van der Waals surface area contributed by atoms with E-state index in [0.29, 0.717) is 0 Å². The van der Waals surface area contributed by atoms with E-state index in [1.165, 1.54) is 0 Å². The topological polar surface area (TPSA) is 61.5 Å². The number of hydrogen-bond acceptors (Lipinski definition) is 4. The molecule has 1 saturated heterocycles. The maximum atomic E-state index is 9.71. The number of aliphatic hydroxyl groups excluding tert-OH is 2. The minimum Gasteiger partial charge on any atom is -0.393 e. The van der Waals surface area contributed by atoms with E-state index in [-0.39, 0.29) is 12.7 Å². The third-order valence-corrected chi connectivity index (χ3v) is 4.08. The average Bonchev–Trinajstić information content (AvgIpc) is 2.85. The van der Waals surface area contributed by atoms with Crippen molar-refractivity contribution >= 4 is 5.82 Å². The van der Waals surface area contributed by atoms with Gasteiger partial charge in [0.1, 0.15) is 5.82 Å². The first-order chi connectivity index (χ1) is 10.2. The van der Waals surface area contributed by atoms with E-state index in [1.807, 2.05) is 41.9 Å². The molecule has 0 bridgehead atoms. The predicted molar refractivity (Wildman–Crippen MR) is 81.7 cm³/mol. The van der Waals surface area contributed by atoms with Gasteiger partial charge in [0, 0.05) is 18.7 Å². The van der Waals surface area contributed by atoms with Crippen LogP contribution >= 0.6 is 0 Å². The zero-order valence-corrected chi connectivity index (χ0v) is 12.2. The number of aromatic nitrogens is 2. The van der Waals surface area contributed by atoms with Gasteiger partial charge in [0.25, 0.3) is 0 Å². The van der Waals surface area contributed by atoms with Crippen LogP contribution < -0.4 is 4.90 Å². The molecular formula is C16H21N3O2. The van der Waals surface area contributed by atoms with Gasteiger partial charge in [-0.15, -0.1) is 0 Å². The Morgan fingerprint density at radius 3 is 2.48 bits per heavy atom. The van der Waals surface area contributed by atoms with Gasteiger partial charge in [-0.25, -0.2) is 4.68 Å². The van der Waals surface area contributed by atoms with E-state index >= 15 is 0 Å². The molecular weight excluding hydrogens is 266 g/mol. The van der Waals surface area contributed by atoms with Crippen LogP contribution in [0.25, 0.3) is 5.69 Å². The Kier molecular flexibility index (Phi) is 3.94. The van der Waals surface area contributed by atoms with Crippen LogP contribution in [0.15, 0.2) is 30.3 Å². The van der Waals surface area contributed by atoms with Crippen LogP contribution in [0.2, 0.25) is 0 Å². The van der Waals surface area contributed by atoms with Crippen molar-refractivity contribution in [3.63, 3.8) is 0 Å². The fraction of sp³-hybridized carbons (Fsp3) is 0.438. The monoisotopic (exact) mass is 287 g/mol. The molecule has 3 rings (SSSR count). The van der Waals surface area contributed by atoms with Gasteiger partial charge in [-0.2, -0.15) is 5.10 Å². The summed E-state index contributed by atoms with van der Waals surface area (Å²) < 4.78 is 1.90. The number of para-hydroxylation sites is 1. The maximum absolute atomic E-state index is 9.71. The lowest BCUT2D eigenvalue weighted by molar-refractivity contribution is 0.145. The molecule has 0 amide bonds. The average molecular weight is 287 g/mol. The molecule has 5 heteroatoms. The third kappa shape index (κ3) is 2.66. The first-order valence-corrected chi connectivity index (χ1v) is 7.38. The normalized spacial score (nSPS) is 16.4. The van der Waals surface area contributed by atoms with Crippen LogP contribution in [0.1, 0.15) is 24.1 Å². The maximum Gasteiger partial charge on any atom is 0.138 e. The molecule has 5 nitrogen and oxygen atoms in total. The van der Waals surface area contributed by atoms with Gasteiger partial charge in [0.2, 0.25) is 0 Å². The molecule has 2 aromatic rings. The summed E-state index contributed by atoms with van der Waals surface area (Å²) in [5.41, 5.74) is 2.71. The van der Waals surface area contributed by atoms with Gasteiger partial charge in [0.15, 0.2) is 0 Å². The molecule has 0 atom stereocenters. The highest BCUT2D eigenvalue weighted by molar-refractivity contribution is 5.55. The summed E-state index contributed by atoms with van der Waals surface area (Å²) in [7, 11) is 0. The quantitative estimate of drug-likeness (QED) is 0.901. The van der Waals surface area contributed by atoms with Crippen LogP contribution in [0.4, 0.5) is 5.82 Å². The minimum atomic E-state index is -0.215. The minimum absolute atomic E-state index is 0.0208. The van der Waals surface area contributed by atoms with Gasteiger partial charge in [-0.3, -0.25) is 0 Å². The van der Waals surface area contributed by atoms with Crippen molar-refractivity contribution in [1.29, 1.82) is 0 Å². The van der Waals surface area contributed by atoms with Gasteiger partial charge in [-0.05, 0) is 31.9 Å². The molecule has 21 heavy (non-hydrogen) atoms. The first kappa shape index (κ1) is 14.1. The Hall–Kier alpha value is -1.85. The molecule has 0 aliphatic carbocycles. The summed E-state index contributed by atoms with van der Waals surface area (Å²) in [6, 6.07) is 9.96. The van der Waals surface area contributed by atoms with Crippen molar-refractivity contribution in [3.05, 3.63) is 41.6 Å². The molecule has 1 aromatic heterocycles. The fourth-order valence-corrected chi connectivity index (χ4v) is 2.88. The second kappa shape index (κ2) is 5.87. The van der Waals surface area contributed by atoms with Crippen LogP contribution in [0, 0.1) is 6.92 Å². The van der Waals surface area contributed by atoms with Gasteiger partial charge < -0.3 is 15.1 Å². The number of rotatable bonds is 3. The summed E-state index contributed by atoms with van der Waals surface area (Å²) in [4.78, 5) is 2.21. The second-order valence-corrected chi connectivity index (χ2v) is 5.51. The summed E-state index contributed by atoms with van der Waals surface area (Å²) >= 11 is 0. The Bertz CT molecular complexity index is 601. The number of hydrogen-bond donors (Lipinski definition) is 2. The number of anilines is 1. The highest BCUT2D eigenvalue weighted by Crippen LogP contribution is 2.29. The van der Waals surface area contributed by atoms with Crippen LogP contribution in [-0.4, -0.2) is 39.2 Å². The van der Waals surface area contributed by atoms with Crippen LogP contribution in [0.5, 0.6) is 0 Å². The summed E-state index contributed by atoms with van der Waals surface area (Å²) in [6.07, 6.45) is 1.29. The largest absolute Gasteiger partial charge is 0.393 e. The molecule has 1 fully saturated rings. The molecule has 0 spiro atoms. The molecule has 0 unspecified atom stereocenters. The van der Waals surface area contributed by atoms with E-state index in [9.17, 15) is 10.2 Å². The lowest BCUT2D eigenvalue weighted by Crippen LogP contribution is -2.37. The van der Waals surface area contributed by atoms with Crippen molar-refractivity contribution in [2.75, 3.05) is 18.0 Å². The van der Waals surface area contributed by atoms with Crippen LogP contribution in [-0.2, 0) is 6.61 Å². The Labute approximate surface area is 124 Å². The molecule has 2 heterocycles. The zero-order valence-electron chi connectivity index (χ0n) is 12.2. The number of aliphatic hydroxyl groups is 2. The van der Waals surface area contributed by atoms with Crippen molar-refractivity contribution in [1.82, 2.24) is 9.78 Å². The lowest BCUT2D eigenvalue weighted by atomic mass is 10.1. The standard InChI is InChI=1S/C16H21N3O2/c1-12-15(11-20)16(18-9-7-14(21)8-10-18)19(17-12)13-5-3-2-4-6-13/h2-6,14,20-21H,7-11H2,1H3. The Morgan fingerprint density at radius 1 is 1.19 bits per heavy atom. The van der Waals surface area contributed by atoms with Crippen molar-refractivity contribution < 1.29 is 10.2 Å². The predicted octanol–water partition coefficient (Wildman–Crippen LogP) is 1.63. The first-order valence-electron chi connectivity index (χ1n) is 7.38. The molecule has 112 valence electrons. The summed E-state index contributed by atoms with van der Waals surface area (Å²) in [5, 5.41) is 24.0. The Balaban J connectivity index is 2.05. The summed E-state index contributed by atoms with van der Waals surface area (Å²) in [6.45, 7) is 3.47. The number of benzene rings is 1. The number of nitrogens with zero attached hydrogens (tertiary/aromatic N) is 3. The highest BCUT2D eigenvalue weighted by atomic mass is 16.3. The van der Waals surface area contributed by atoms with Crippen molar-refractivity contribution in [2.45, 2.75) is 32.5 Å². The van der Waals surface area contributed by atoms with Gasteiger partial charge in [-0.1, -0.05) is 18.2 Å². The van der Waals surface area contributed by atoms with Crippen LogP contribution in [0.3, 0.4) is 0 Å². The molecule has 1 aliphatic heterocycles.